The van der Waals surface area contributed by atoms with Crippen molar-refractivity contribution in [3.05, 3.63) is 107 Å². The highest BCUT2D eigenvalue weighted by molar-refractivity contribution is 6.37. The number of Topliss-reactive ketones (excluding diaryl/α,β-unsaturated/α-hetero) is 2. The number of ketones is 2. The average Bonchev–Trinajstić information content (AvgIpc) is 1.62. The van der Waals surface area contributed by atoms with Crippen molar-refractivity contribution in [1.29, 1.82) is 0 Å². The number of fused-ring (bicyclic) bond motifs is 2. The lowest BCUT2D eigenvalue weighted by molar-refractivity contribution is -0.161. The Labute approximate surface area is 704 Å². The molecule has 0 bridgehead atoms. The van der Waals surface area contributed by atoms with E-state index in [1.807, 2.05) is 87.0 Å². The number of hydrogen-bond donors (Lipinski definition) is 4. The van der Waals surface area contributed by atoms with Gasteiger partial charge in [-0.1, -0.05) is 82.4 Å². The molecule has 2 saturated heterocycles. The number of allylic oxidation sites excluding steroid dienone is 6. The van der Waals surface area contributed by atoms with Crippen LogP contribution in [0.3, 0.4) is 0 Å². The van der Waals surface area contributed by atoms with Crippen LogP contribution in [0.2, 0.25) is 0 Å². The minimum Gasteiger partial charge on any atom is -0.465 e. The van der Waals surface area contributed by atoms with Crippen LogP contribution in [0.5, 0.6) is 0 Å². The molecule has 1 aliphatic carbocycles. The number of carbonyl (C=O) groups is 5. The van der Waals surface area contributed by atoms with E-state index in [4.69, 9.17) is 77.8 Å². The Hall–Kier alpha value is -7.71. The molecule has 3 fully saturated rings. The topological polar surface area (TPSA) is 353 Å². The number of aliphatic hydroxyl groups excluding tert-OH is 1. The van der Waals surface area contributed by atoms with Crippen LogP contribution in [0, 0.1) is 29.6 Å². The zero-order valence-corrected chi connectivity index (χ0v) is 71.8. The first kappa shape index (κ1) is 96.7. The van der Waals surface area contributed by atoms with E-state index in [1.54, 1.807) is 18.1 Å². The normalized spacial score (nSPS) is 19.2. The molecule has 2 aliphatic heterocycles. The second-order valence-corrected chi connectivity index (χ2v) is 32.2. The predicted octanol–water partition coefficient (Wildman–Crippen LogP) is 12.8. The molecule has 0 radical (unpaired) electrons. The zero-order chi connectivity index (χ0) is 84.8. The number of nitrogens with one attached hydrogen (secondary N) is 1. The quantitative estimate of drug-likeness (QED) is 0.00923. The summed E-state index contributed by atoms with van der Waals surface area (Å²) >= 11 is 0. The number of amides is 2. The zero-order valence-electron chi connectivity index (χ0n) is 71.8. The molecule has 119 heavy (non-hydrogen) atoms. The minimum absolute atomic E-state index is 0.0133. The Morgan fingerprint density at radius 3 is 1.99 bits per heavy atom. The van der Waals surface area contributed by atoms with E-state index in [-0.39, 0.29) is 66.3 Å². The van der Waals surface area contributed by atoms with Crippen molar-refractivity contribution in [3.63, 3.8) is 0 Å². The summed E-state index contributed by atoms with van der Waals surface area (Å²) in [6.07, 6.45) is 30.0. The van der Waals surface area contributed by atoms with Crippen LogP contribution >= 0.6 is 0 Å². The van der Waals surface area contributed by atoms with Gasteiger partial charge in [0.25, 0.3) is 18.4 Å². The molecule has 660 valence electrons. The number of nitrogen functional groups attached to an aromatic ring is 2. The Morgan fingerprint density at radius 1 is 0.697 bits per heavy atom. The summed E-state index contributed by atoms with van der Waals surface area (Å²) in [5.41, 5.74) is 20.4. The van der Waals surface area contributed by atoms with Gasteiger partial charge in [0.2, 0.25) is 12.2 Å². The minimum atomic E-state index is -0.859. The number of benzene rings is 2. The van der Waals surface area contributed by atoms with Gasteiger partial charge in [-0.15, -0.1) is 0 Å². The molecule has 2 amide bonds. The van der Waals surface area contributed by atoms with Crippen molar-refractivity contribution in [1.82, 2.24) is 34.9 Å². The van der Waals surface area contributed by atoms with Crippen LogP contribution in [0.4, 0.5) is 11.8 Å². The Bertz CT molecular complexity index is 3910. The highest BCUT2D eigenvalue weighted by Crippen LogP contribution is 2.36. The number of piperidine rings is 1. The van der Waals surface area contributed by atoms with E-state index >= 15 is 0 Å². The highest BCUT2D eigenvalue weighted by atomic mass is 16.6. The molecule has 3 aliphatic rings. The van der Waals surface area contributed by atoms with Gasteiger partial charge in [0, 0.05) is 70.9 Å². The van der Waals surface area contributed by atoms with E-state index in [0.717, 1.165) is 149 Å². The molecule has 1 saturated carbocycles. The Morgan fingerprint density at radius 2 is 1.34 bits per heavy atom. The second-order valence-electron chi connectivity index (χ2n) is 32.2. The first-order valence-electron chi connectivity index (χ1n) is 43.6. The fraction of sp³-hybridized carbons (Fsp3) is 0.659. The number of aliphatic hydroxyl groups is 1. The molecule has 2 aromatic carbocycles. The summed E-state index contributed by atoms with van der Waals surface area (Å²) in [6, 6.07) is 11.9. The van der Waals surface area contributed by atoms with E-state index in [0.29, 0.717) is 204 Å². The predicted molar refractivity (Wildman–Crippen MR) is 457 cm³/mol. The summed E-state index contributed by atoms with van der Waals surface area (Å²) in [5, 5.41) is 19.5. The van der Waals surface area contributed by atoms with Crippen molar-refractivity contribution >= 4 is 64.3 Å². The third kappa shape index (κ3) is 35.0. The molecule has 6 N–H and O–H groups in total. The second kappa shape index (κ2) is 55.3. The van der Waals surface area contributed by atoms with E-state index in [9.17, 15) is 29.1 Å². The molecule has 5 aromatic rings. The van der Waals surface area contributed by atoms with Crippen molar-refractivity contribution in [3.8, 4) is 11.3 Å². The molecular formula is C91H137N9O19. The highest BCUT2D eigenvalue weighted by Gasteiger charge is 2.40. The number of oxazole rings is 1. The number of hydrogen-bond acceptors (Lipinski definition) is 25. The van der Waals surface area contributed by atoms with Gasteiger partial charge in [0.15, 0.2) is 11.2 Å². The van der Waals surface area contributed by atoms with Gasteiger partial charge in [-0.25, -0.2) is 14.6 Å². The van der Waals surface area contributed by atoms with Gasteiger partial charge in [0.05, 0.1) is 129 Å². The van der Waals surface area contributed by atoms with Crippen LogP contribution < -0.4 is 16.8 Å². The van der Waals surface area contributed by atoms with Gasteiger partial charge >= 0.3 is 0 Å². The molecule has 28 nitrogen and oxygen atoms in total. The third-order valence-electron chi connectivity index (χ3n) is 22.7. The monoisotopic (exact) mass is 1660 g/mol. The number of methoxy groups -OCH3 is 1. The number of aryl methyl sites for hydroxylation is 1. The number of ether oxygens (including phenoxy) is 12. The molecule has 0 spiro atoms. The number of carbonyl (C=O) groups excluding carboxylic acids is 5. The first-order valence-corrected chi connectivity index (χ1v) is 43.6. The third-order valence-corrected chi connectivity index (χ3v) is 22.7. The molecule has 5 heterocycles. The van der Waals surface area contributed by atoms with Crippen LogP contribution in [-0.4, -0.2) is 234 Å². The maximum absolute atomic E-state index is 13.3. The maximum Gasteiger partial charge on any atom is 0.293 e. The average molecular weight is 1660 g/mol. The number of nitrogens with zero attached hydrogens (tertiary/aromatic N) is 6. The van der Waals surface area contributed by atoms with E-state index in [2.05, 4.69) is 46.3 Å². The van der Waals surface area contributed by atoms with Gasteiger partial charge in [0.1, 0.15) is 41.3 Å². The SMILES string of the molecule is COC(C[C@@H]1CC[C@@H](C)C(C(=O)C(=O)N2CCCCC2)O1)/C(C)=C/C=C/C=C/C(C)CC(C)C(=O)CC(O)/C(C)=C/C(C)CCC(CCC1CCC(OCCOCCOCCOCCOCCCCOCCOCCOCCOCCCCc2cc(Cn3nc(-c4ccc5oc(N)nc5c4)c4c(N)ncnc43)ccc2CNC=O)CC1)OC=O. The Kier molecular flexibility index (Phi) is 45.0. The lowest BCUT2D eigenvalue weighted by Crippen LogP contribution is -2.49. The number of anilines is 2. The number of rotatable bonds is 62. The number of unbranched alkanes of at least 4 members (excludes halogenated alkanes) is 2. The fourth-order valence-electron chi connectivity index (χ4n) is 15.7. The lowest BCUT2D eigenvalue weighted by atomic mass is 9.83. The summed E-state index contributed by atoms with van der Waals surface area (Å²) in [7, 11) is 1.68. The number of nitrogens with two attached hydrogens (primary N) is 2. The van der Waals surface area contributed by atoms with Crippen LogP contribution in [0.25, 0.3) is 33.4 Å². The first-order chi connectivity index (χ1) is 57.9. The molecular weight excluding hydrogens is 1520 g/mol. The van der Waals surface area contributed by atoms with Gasteiger partial charge in [-0.3, -0.25) is 24.0 Å². The van der Waals surface area contributed by atoms with E-state index in [1.165, 1.54) is 6.33 Å². The van der Waals surface area contributed by atoms with Gasteiger partial charge < -0.3 is 88.1 Å². The van der Waals surface area contributed by atoms with Crippen molar-refractivity contribution < 1.29 is 90.3 Å². The van der Waals surface area contributed by atoms with Gasteiger partial charge in [-0.05, 0) is 206 Å². The van der Waals surface area contributed by atoms with Crippen molar-refractivity contribution in [2.45, 2.75) is 226 Å². The van der Waals surface area contributed by atoms with Crippen LogP contribution in [0.1, 0.15) is 187 Å². The molecule has 8 rings (SSSR count). The smallest absolute Gasteiger partial charge is 0.293 e. The van der Waals surface area contributed by atoms with Crippen molar-refractivity contribution in [2.24, 2.45) is 29.6 Å². The van der Waals surface area contributed by atoms with Crippen molar-refractivity contribution in [2.75, 3.05) is 144 Å². The fourth-order valence-corrected chi connectivity index (χ4v) is 15.7. The summed E-state index contributed by atoms with van der Waals surface area (Å²) in [5.74, 6) is 0.132. The summed E-state index contributed by atoms with van der Waals surface area (Å²) < 4.78 is 76.9. The van der Waals surface area contributed by atoms with E-state index < -0.39 is 23.9 Å². The number of aromatic nitrogens is 5. The molecule has 28 heteroatoms. The summed E-state index contributed by atoms with van der Waals surface area (Å²) in [6.45, 7) is 23.6. The van der Waals surface area contributed by atoms with Gasteiger partial charge in [-0.2, -0.15) is 10.1 Å². The lowest BCUT2D eigenvalue weighted by Gasteiger charge is -2.36. The maximum atomic E-state index is 13.3. The standard InChI is InChI=1S/C91H137N9O19/c1-65(18-10-8-11-19-67(3)83(107-7)58-78-30-22-68(4)87(118-78)86(105)90(106)99-35-13-9-14-36-99)54-69(5)80(103)59-81(104)70(6)55-66(2)21-29-77(117-64-102)33-26-71-24-31-76(32-25-71)116-53-52-115-51-50-114-49-48-113-45-42-110-39-17-16-38-109-41-44-112-47-46-111-43-40-108-37-15-12-20-73-56-72(23-27-75(73)60-94-63-101)61-100-89-84(88(92)95-62-96-89)85(98-100)74-28-34-82-79(57-74)97-91(93)119-82/h8,10-11,18-19,23,27-28,34,55-57,62-66,68-69,71,76-78,81,83,87,104H,9,12-17,20-22,24-26,29-33,35-54,58-61H2,1-7H3,(H2,93,97)(H,94,101)(H2,92,95,96)/b11-8+,18-10+,67-19+,70-55+/t65?,66?,68-,69?,71?,76?,77?,78+,81?,83?,87?/m1/s1. The molecule has 9 atom stereocenters. The largest absolute Gasteiger partial charge is 0.465 e. The number of likely N-dealkylation sites (tertiary alicyclic amines) is 1. The molecule has 3 aromatic heterocycles. The molecule has 7 unspecified atom stereocenters. The van der Waals surface area contributed by atoms with Crippen LogP contribution in [0.15, 0.2) is 94.7 Å². The van der Waals surface area contributed by atoms with Crippen LogP contribution in [-0.2, 0) is 100 Å². The Balaban J connectivity index is 0.543. The summed E-state index contributed by atoms with van der Waals surface area (Å²) in [4.78, 5) is 77.2.